The fraction of sp³-hybridized carbons (Fsp3) is 0.857. The van der Waals surface area contributed by atoms with Crippen LogP contribution in [0.4, 0.5) is 0 Å². The molecule has 2 aliphatic rings. The highest BCUT2D eigenvalue weighted by Gasteiger charge is 2.50. The number of aliphatic carboxylic acids is 2. The van der Waals surface area contributed by atoms with E-state index in [1.165, 1.54) is 0 Å². The Balaban J connectivity index is 0.000000612. The van der Waals surface area contributed by atoms with Crippen molar-refractivity contribution in [1.29, 1.82) is 0 Å². The summed E-state index contributed by atoms with van der Waals surface area (Å²) in [5, 5.41) is 91.3. The van der Waals surface area contributed by atoms with Crippen LogP contribution in [-0.2, 0) is 23.8 Å². The summed E-state index contributed by atoms with van der Waals surface area (Å²) in [6, 6.07) is 0. The summed E-state index contributed by atoms with van der Waals surface area (Å²) in [7, 11) is 0. The Morgan fingerprint density at radius 3 is 1.66 bits per heavy atom. The van der Waals surface area contributed by atoms with Crippen LogP contribution in [0.2, 0.25) is 0 Å². The highest BCUT2D eigenvalue weighted by molar-refractivity contribution is 6.27. The number of carboxylic acid groups (broad SMARTS) is 2. The van der Waals surface area contributed by atoms with Crippen molar-refractivity contribution >= 4 is 11.9 Å². The molecule has 0 aromatic heterocycles. The molecule has 10 atom stereocenters. The zero-order valence-corrected chi connectivity index (χ0v) is 14.7. The maximum Gasteiger partial charge on any atom is 0.414 e. The van der Waals surface area contributed by atoms with Crippen molar-refractivity contribution in [1.82, 2.24) is 0 Å². The molecule has 2 aliphatic heterocycles. The van der Waals surface area contributed by atoms with E-state index in [2.05, 4.69) is 0 Å². The Kier molecular flexibility index (Phi) is 9.73. The second kappa shape index (κ2) is 11.0. The highest BCUT2D eigenvalue weighted by atomic mass is 16.7. The molecular formula is C14H24O15. The molecule has 170 valence electrons. The summed E-state index contributed by atoms with van der Waals surface area (Å²) in [6.07, 6.45) is -15.6. The number of aliphatic hydroxyl groups excluding tert-OH is 8. The summed E-state index contributed by atoms with van der Waals surface area (Å²) in [4.78, 5) is 18.2. The third-order valence-electron chi connectivity index (χ3n) is 4.16. The molecule has 0 aromatic carbocycles. The first-order valence-electron chi connectivity index (χ1n) is 8.18. The van der Waals surface area contributed by atoms with E-state index >= 15 is 0 Å². The second-order valence-corrected chi connectivity index (χ2v) is 6.14. The Bertz CT molecular complexity index is 527. The first-order chi connectivity index (χ1) is 13.5. The maximum atomic E-state index is 9.94. The van der Waals surface area contributed by atoms with Gasteiger partial charge in [0.25, 0.3) is 0 Å². The van der Waals surface area contributed by atoms with E-state index in [0.717, 1.165) is 0 Å². The smallest absolute Gasteiger partial charge is 0.414 e. The standard InChI is InChI=1S/C12H22O11.C2H2O4/c13-1-3-5(15)6(16)9(19)12(22-3)23-10-4(2-14)21-11(20)8(18)7(10)17;3-1(4)2(5)6/h3-20H,1-2H2;(H,3,4)(H,5,6)/t3-,4-,5+,6+,7-,8-,9-,10-,11?,12+;/m1./s1. The minimum Gasteiger partial charge on any atom is -0.473 e. The quantitative estimate of drug-likeness (QED) is 0.185. The minimum atomic E-state index is -1.82. The predicted octanol–water partition coefficient (Wildman–Crippen LogP) is -6.24. The summed E-state index contributed by atoms with van der Waals surface area (Å²) < 4.78 is 15.3. The van der Waals surface area contributed by atoms with Crippen LogP contribution in [0.3, 0.4) is 0 Å². The number of hydrogen-bond donors (Lipinski definition) is 10. The molecule has 0 amide bonds. The van der Waals surface area contributed by atoms with Crippen molar-refractivity contribution in [2.24, 2.45) is 0 Å². The van der Waals surface area contributed by atoms with Gasteiger partial charge in [0.05, 0.1) is 13.2 Å². The van der Waals surface area contributed by atoms with E-state index in [-0.39, 0.29) is 0 Å². The molecule has 0 bridgehead atoms. The van der Waals surface area contributed by atoms with E-state index < -0.39 is 86.6 Å². The largest absolute Gasteiger partial charge is 0.473 e. The third-order valence-corrected chi connectivity index (χ3v) is 4.16. The van der Waals surface area contributed by atoms with Crippen molar-refractivity contribution in [3.05, 3.63) is 0 Å². The first kappa shape index (κ1) is 25.5. The highest BCUT2D eigenvalue weighted by Crippen LogP contribution is 2.28. The van der Waals surface area contributed by atoms with Crippen molar-refractivity contribution in [2.75, 3.05) is 13.2 Å². The van der Waals surface area contributed by atoms with E-state index in [1.807, 2.05) is 0 Å². The molecule has 2 rings (SSSR count). The molecule has 29 heavy (non-hydrogen) atoms. The van der Waals surface area contributed by atoms with E-state index in [1.54, 1.807) is 0 Å². The lowest BCUT2D eigenvalue weighted by Gasteiger charge is -2.45. The van der Waals surface area contributed by atoms with Crippen molar-refractivity contribution < 1.29 is 74.9 Å². The number of ether oxygens (including phenoxy) is 3. The van der Waals surface area contributed by atoms with E-state index in [0.29, 0.717) is 0 Å². The van der Waals surface area contributed by atoms with Crippen LogP contribution in [0.1, 0.15) is 0 Å². The zero-order valence-electron chi connectivity index (χ0n) is 14.7. The van der Waals surface area contributed by atoms with Crippen molar-refractivity contribution in [3.63, 3.8) is 0 Å². The van der Waals surface area contributed by atoms with E-state index in [9.17, 15) is 35.7 Å². The number of carbonyl (C=O) groups is 2. The number of aliphatic hydroxyl groups is 8. The van der Waals surface area contributed by atoms with Crippen LogP contribution >= 0.6 is 0 Å². The lowest BCUT2D eigenvalue weighted by atomic mass is 9.97. The zero-order chi connectivity index (χ0) is 22.5. The number of rotatable bonds is 4. The molecule has 0 aliphatic carbocycles. The molecule has 0 aromatic rings. The molecule has 2 saturated heterocycles. The first-order valence-corrected chi connectivity index (χ1v) is 8.18. The van der Waals surface area contributed by atoms with Gasteiger partial charge in [-0.25, -0.2) is 9.59 Å². The van der Waals surface area contributed by atoms with Crippen LogP contribution in [0, 0.1) is 0 Å². The van der Waals surface area contributed by atoms with Gasteiger partial charge in [0.2, 0.25) is 0 Å². The summed E-state index contributed by atoms with van der Waals surface area (Å²) in [5.41, 5.74) is 0. The predicted molar refractivity (Wildman–Crippen MR) is 83.9 cm³/mol. The topological polar surface area (TPSA) is 264 Å². The molecule has 10 N–H and O–H groups in total. The molecule has 0 spiro atoms. The Morgan fingerprint density at radius 1 is 0.690 bits per heavy atom. The van der Waals surface area contributed by atoms with Gasteiger partial charge in [-0.3, -0.25) is 0 Å². The van der Waals surface area contributed by atoms with Gasteiger partial charge in [-0.1, -0.05) is 0 Å². The monoisotopic (exact) mass is 432 g/mol. The summed E-state index contributed by atoms with van der Waals surface area (Å²) in [6.45, 7) is -1.35. The normalized spacial score (nSPS) is 42.5. The van der Waals surface area contributed by atoms with Crippen LogP contribution in [0.15, 0.2) is 0 Å². The van der Waals surface area contributed by atoms with Crippen LogP contribution in [0.5, 0.6) is 0 Å². The summed E-state index contributed by atoms with van der Waals surface area (Å²) in [5.74, 6) is -3.65. The fourth-order valence-corrected chi connectivity index (χ4v) is 2.57. The van der Waals surface area contributed by atoms with Crippen LogP contribution < -0.4 is 0 Å². The van der Waals surface area contributed by atoms with Gasteiger partial charge in [0.15, 0.2) is 12.6 Å². The molecule has 2 fully saturated rings. The average molecular weight is 432 g/mol. The molecule has 15 nitrogen and oxygen atoms in total. The maximum absolute atomic E-state index is 9.94. The third kappa shape index (κ3) is 6.24. The van der Waals surface area contributed by atoms with Gasteiger partial charge in [-0.15, -0.1) is 0 Å². The van der Waals surface area contributed by atoms with Crippen molar-refractivity contribution in [3.8, 4) is 0 Å². The Labute approximate surface area is 162 Å². The fourth-order valence-electron chi connectivity index (χ4n) is 2.57. The van der Waals surface area contributed by atoms with Gasteiger partial charge in [0, 0.05) is 0 Å². The second-order valence-electron chi connectivity index (χ2n) is 6.14. The van der Waals surface area contributed by atoms with E-state index in [4.69, 9.17) is 39.1 Å². The van der Waals surface area contributed by atoms with Gasteiger partial charge >= 0.3 is 11.9 Å². The summed E-state index contributed by atoms with van der Waals surface area (Å²) >= 11 is 0. The Hall–Kier alpha value is -1.50. The number of carboxylic acids is 2. The lowest BCUT2D eigenvalue weighted by Crippen LogP contribution is -2.64. The molecule has 0 saturated carbocycles. The lowest BCUT2D eigenvalue weighted by molar-refractivity contribution is -0.355. The molecule has 0 radical (unpaired) electrons. The SMILES string of the molecule is O=C(O)C(=O)O.OC[C@H]1O[C@@H](O[C@H]2[C@H](O)[C@@H](O)C(O)O[C@@H]2CO)[C@H](O)[C@@H](O)[C@H]1O. The van der Waals surface area contributed by atoms with Crippen LogP contribution in [0.25, 0.3) is 0 Å². The van der Waals surface area contributed by atoms with Gasteiger partial charge in [0.1, 0.15) is 48.8 Å². The molecule has 2 heterocycles. The Morgan fingerprint density at radius 2 is 1.21 bits per heavy atom. The average Bonchev–Trinajstić information content (AvgIpc) is 2.68. The van der Waals surface area contributed by atoms with Gasteiger partial charge in [-0.2, -0.15) is 0 Å². The number of hydrogen-bond acceptors (Lipinski definition) is 13. The molecule has 15 heteroatoms. The minimum absolute atomic E-state index is 0.667. The molecular weight excluding hydrogens is 408 g/mol. The van der Waals surface area contributed by atoms with Crippen molar-refractivity contribution in [2.45, 2.75) is 61.4 Å². The van der Waals surface area contributed by atoms with Gasteiger partial charge in [-0.05, 0) is 0 Å². The molecule has 1 unspecified atom stereocenters. The van der Waals surface area contributed by atoms with Crippen LogP contribution in [-0.4, -0.2) is 138 Å². The van der Waals surface area contributed by atoms with Gasteiger partial charge < -0.3 is 65.3 Å².